The van der Waals surface area contributed by atoms with Crippen molar-refractivity contribution >= 4 is 0 Å². The number of aryl methyl sites for hydroxylation is 2. The monoisotopic (exact) mass is 246 g/mol. The van der Waals surface area contributed by atoms with Gasteiger partial charge in [-0.3, -0.25) is 0 Å². The van der Waals surface area contributed by atoms with Gasteiger partial charge in [0.25, 0.3) is 0 Å². The summed E-state index contributed by atoms with van der Waals surface area (Å²) in [4.78, 5) is 2.32. The molecule has 0 radical (unpaired) electrons. The van der Waals surface area contributed by atoms with Gasteiger partial charge in [-0.1, -0.05) is 18.2 Å². The van der Waals surface area contributed by atoms with Crippen LogP contribution < -0.4 is 5.73 Å². The van der Waals surface area contributed by atoms with E-state index in [0.29, 0.717) is 0 Å². The van der Waals surface area contributed by atoms with Crippen LogP contribution in [0.2, 0.25) is 0 Å². The van der Waals surface area contributed by atoms with E-state index in [1.165, 1.54) is 31.2 Å². The van der Waals surface area contributed by atoms with Crippen molar-refractivity contribution in [1.82, 2.24) is 4.90 Å². The first-order chi connectivity index (χ1) is 8.65. The Morgan fingerprint density at radius 3 is 2.67 bits per heavy atom. The largest absolute Gasteiger partial charge is 0.327 e. The molecule has 2 heteroatoms. The molecule has 0 spiro atoms. The van der Waals surface area contributed by atoms with Gasteiger partial charge >= 0.3 is 0 Å². The topological polar surface area (TPSA) is 29.3 Å². The molecule has 0 aliphatic heterocycles. The molecule has 2 nitrogen and oxygen atoms in total. The van der Waals surface area contributed by atoms with Crippen molar-refractivity contribution in [2.24, 2.45) is 5.73 Å². The Kier molecular flexibility index (Phi) is 4.79. The van der Waals surface area contributed by atoms with Gasteiger partial charge in [-0.2, -0.15) is 0 Å². The van der Waals surface area contributed by atoms with Crippen LogP contribution in [0, 0.1) is 0 Å². The maximum absolute atomic E-state index is 5.81. The molecule has 1 aliphatic rings. The highest BCUT2D eigenvalue weighted by molar-refractivity contribution is 5.33. The van der Waals surface area contributed by atoms with Crippen LogP contribution >= 0.6 is 0 Å². The summed E-state index contributed by atoms with van der Waals surface area (Å²) >= 11 is 0. The molecule has 1 aromatic carbocycles. The van der Waals surface area contributed by atoms with Crippen LogP contribution in [-0.4, -0.2) is 31.1 Å². The molecule has 1 aliphatic carbocycles. The third-order valence-electron chi connectivity index (χ3n) is 3.79. The van der Waals surface area contributed by atoms with Gasteiger partial charge in [0.2, 0.25) is 0 Å². The second kappa shape index (κ2) is 6.35. The zero-order valence-corrected chi connectivity index (χ0v) is 11.8. The van der Waals surface area contributed by atoms with Crippen molar-refractivity contribution in [1.29, 1.82) is 0 Å². The Labute approximate surface area is 111 Å². The van der Waals surface area contributed by atoms with Gasteiger partial charge in [0.1, 0.15) is 0 Å². The molecule has 0 amide bonds. The molecule has 100 valence electrons. The first-order valence-corrected chi connectivity index (χ1v) is 7.20. The summed E-state index contributed by atoms with van der Waals surface area (Å²) in [5.41, 5.74) is 10.5. The maximum atomic E-state index is 5.81. The molecule has 2 N–H and O–H groups in total. The molecule has 0 aromatic heterocycles. The number of benzene rings is 1. The van der Waals surface area contributed by atoms with Crippen molar-refractivity contribution in [2.45, 2.75) is 45.1 Å². The third-order valence-corrected chi connectivity index (χ3v) is 3.79. The fourth-order valence-corrected chi connectivity index (χ4v) is 2.85. The number of hydrogen-bond acceptors (Lipinski definition) is 2. The number of likely N-dealkylation sites (N-methyl/N-ethyl adjacent to an activating group) is 1. The van der Waals surface area contributed by atoms with E-state index < -0.39 is 0 Å². The maximum Gasteiger partial charge on any atom is 0.0139 e. The van der Waals surface area contributed by atoms with Gasteiger partial charge in [-0.15, -0.1) is 0 Å². The zero-order valence-electron chi connectivity index (χ0n) is 11.8. The predicted octanol–water partition coefficient (Wildman–Crippen LogP) is 2.39. The fourth-order valence-electron chi connectivity index (χ4n) is 2.85. The Hall–Kier alpha value is -0.860. The van der Waals surface area contributed by atoms with Crippen molar-refractivity contribution < 1.29 is 0 Å². The summed E-state index contributed by atoms with van der Waals surface area (Å²) < 4.78 is 0. The summed E-state index contributed by atoms with van der Waals surface area (Å²) in [5.74, 6) is 0. The average molecular weight is 246 g/mol. The molecule has 0 heterocycles. The normalized spacial score (nSPS) is 16.7. The van der Waals surface area contributed by atoms with Crippen LogP contribution in [0.5, 0.6) is 0 Å². The molecule has 0 fully saturated rings. The van der Waals surface area contributed by atoms with E-state index in [2.05, 4.69) is 37.1 Å². The van der Waals surface area contributed by atoms with Gasteiger partial charge in [0.05, 0.1) is 0 Å². The lowest BCUT2D eigenvalue weighted by atomic mass is 9.90. The molecule has 2 rings (SSSR count). The second-order valence-electron chi connectivity index (χ2n) is 5.80. The van der Waals surface area contributed by atoms with Crippen LogP contribution in [0.15, 0.2) is 18.2 Å². The van der Waals surface area contributed by atoms with Crippen molar-refractivity contribution in [3.8, 4) is 0 Å². The quantitative estimate of drug-likeness (QED) is 0.864. The Bertz CT molecular complexity index is 385. The zero-order chi connectivity index (χ0) is 13.0. The summed E-state index contributed by atoms with van der Waals surface area (Å²) in [6, 6.07) is 7.34. The highest BCUT2D eigenvalue weighted by Gasteiger charge is 2.09. The molecule has 0 saturated heterocycles. The van der Waals surface area contributed by atoms with E-state index in [-0.39, 0.29) is 6.04 Å². The summed E-state index contributed by atoms with van der Waals surface area (Å²) in [6.45, 7) is 4.14. The standard InChI is InChI=1S/C16H26N2/c1-13(17)12-18(2)10-9-14-7-8-15-5-3-4-6-16(15)11-14/h7-8,11,13H,3-6,9-10,12,17H2,1-2H3. The van der Waals surface area contributed by atoms with E-state index >= 15 is 0 Å². The van der Waals surface area contributed by atoms with Gasteiger partial charge in [0, 0.05) is 19.1 Å². The van der Waals surface area contributed by atoms with Crippen LogP contribution in [-0.2, 0) is 19.3 Å². The Morgan fingerprint density at radius 2 is 1.94 bits per heavy atom. The molecule has 1 unspecified atom stereocenters. The number of fused-ring (bicyclic) bond motifs is 1. The van der Waals surface area contributed by atoms with Crippen LogP contribution in [0.1, 0.15) is 36.5 Å². The first kappa shape index (κ1) is 13.6. The number of rotatable bonds is 5. The van der Waals surface area contributed by atoms with E-state index in [4.69, 9.17) is 5.73 Å². The molecule has 1 atom stereocenters. The van der Waals surface area contributed by atoms with Crippen LogP contribution in [0.3, 0.4) is 0 Å². The van der Waals surface area contributed by atoms with Gasteiger partial charge in [-0.25, -0.2) is 0 Å². The SMILES string of the molecule is CC(N)CN(C)CCc1ccc2c(c1)CCCC2. The average Bonchev–Trinajstić information content (AvgIpc) is 2.35. The van der Waals surface area contributed by atoms with Gasteiger partial charge < -0.3 is 10.6 Å². The minimum absolute atomic E-state index is 0.263. The molecular formula is C16H26N2. The lowest BCUT2D eigenvalue weighted by Gasteiger charge is -2.20. The van der Waals surface area contributed by atoms with Crippen LogP contribution in [0.4, 0.5) is 0 Å². The summed E-state index contributed by atoms with van der Waals surface area (Å²) in [6.07, 6.45) is 6.42. The van der Waals surface area contributed by atoms with Gasteiger partial charge in [0.15, 0.2) is 0 Å². The molecule has 0 saturated carbocycles. The number of nitrogens with two attached hydrogens (primary N) is 1. The smallest absolute Gasteiger partial charge is 0.0139 e. The number of hydrogen-bond donors (Lipinski definition) is 1. The fraction of sp³-hybridized carbons (Fsp3) is 0.625. The molecule has 1 aromatic rings. The highest BCUT2D eigenvalue weighted by atomic mass is 15.1. The van der Waals surface area contributed by atoms with Crippen molar-refractivity contribution in [3.05, 3.63) is 34.9 Å². The molecule has 0 bridgehead atoms. The minimum Gasteiger partial charge on any atom is -0.327 e. The number of nitrogens with zero attached hydrogens (tertiary/aromatic N) is 1. The predicted molar refractivity (Wildman–Crippen MR) is 77.9 cm³/mol. The summed E-state index contributed by atoms with van der Waals surface area (Å²) in [7, 11) is 2.15. The Morgan fingerprint density at radius 1 is 1.22 bits per heavy atom. The van der Waals surface area contributed by atoms with Gasteiger partial charge in [-0.05, 0) is 62.8 Å². The minimum atomic E-state index is 0.263. The summed E-state index contributed by atoms with van der Waals surface area (Å²) in [5, 5.41) is 0. The van der Waals surface area contributed by atoms with E-state index in [1.807, 2.05) is 0 Å². The third kappa shape index (κ3) is 3.82. The second-order valence-corrected chi connectivity index (χ2v) is 5.80. The molecular weight excluding hydrogens is 220 g/mol. The van der Waals surface area contributed by atoms with Crippen molar-refractivity contribution in [3.63, 3.8) is 0 Å². The van der Waals surface area contributed by atoms with E-state index in [9.17, 15) is 0 Å². The van der Waals surface area contributed by atoms with E-state index in [1.54, 1.807) is 11.1 Å². The molecule has 18 heavy (non-hydrogen) atoms. The first-order valence-electron chi connectivity index (χ1n) is 7.20. The van der Waals surface area contributed by atoms with Crippen molar-refractivity contribution in [2.75, 3.05) is 20.1 Å². The lowest BCUT2D eigenvalue weighted by molar-refractivity contribution is 0.321. The Balaban J connectivity index is 1.90. The van der Waals surface area contributed by atoms with Crippen LogP contribution in [0.25, 0.3) is 0 Å². The lowest BCUT2D eigenvalue weighted by Crippen LogP contribution is -2.34. The highest BCUT2D eigenvalue weighted by Crippen LogP contribution is 2.22. The van der Waals surface area contributed by atoms with E-state index in [0.717, 1.165) is 19.5 Å².